The molecule has 0 spiro atoms. The van der Waals surface area contributed by atoms with Gasteiger partial charge in [-0.25, -0.2) is 0 Å². The van der Waals surface area contributed by atoms with Crippen molar-refractivity contribution in [3.05, 3.63) is 19.6 Å². The van der Waals surface area contributed by atoms with Crippen molar-refractivity contribution < 1.29 is 31.1 Å². The molecule has 0 rings (SSSR count). The zero-order chi connectivity index (χ0) is 5.54. The molecule has 0 aromatic carbocycles. The summed E-state index contributed by atoms with van der Waals surface area (Å²) in [6, 6.07) is 0. The van der Waals surface area contributed by atoms with E-state index in [9.17, 15) is 0 Å². The first-order valence-corrected chi connectivity index (χ1v) is 2.40. The van der Waals surface area contributed by atoms with Crippen molar-refractivity contribution in [2.45, 2.75) is 13.3 Å². The average molecular weight is 349 g/mol. The number of rotatable bonds is 2. The van der Waals surface area contributed by atoms with Crippen LogP contribution in [0.1, 0.15) is 13.3 Å². The molecule has 0 aromatic rings. The fraction of sp³-hybridized carbons (Fsp3) is 0.429. The topological polar surface area (TPSA) is 12.4 Å². The van der Waals surface area contributed by atoms with Crippen LogP contribution < -0.4 is 0 Å². The Labute approximate surface area is 82.0 Å². The zero-order valence-corrected chi connectivity index (χ0v) is 10.5. The Hall–Kier alpha value is 0.462. The van der Waals surface area contributed by atoms with Gasteiger partial charge >= 0.3 is 31.1 Å². The van der Waals surface area contributed by atoms with Crippen molar-refractivity contribution in [2.75, 3.05) is 7.05 Å². The van der Waals surface area contributed by atoms with Crippen molar-refractivity contribution >= 4 is 6.21 Å². The molecule has 0 N–H and O–H groups in total. The van der Waals surface area contributed by atoms with Gasteiger partial charge in [-0.1, -0.05) is 13.3 Å². The second kappa shape index (κ2) is 15.8. The van der Waals surface area contributed by atoms with Crippen LogP contribution in [0.15, 0.2) is 11.1 Å². The first-order chi connectivity index (χ1) is 3.41. The van der Waals surface area contributed by atoms with Crippen LogP contribution in [0.3, 0.4) is 0 Å². The summed E-state index contributed by atoms with van der Waals surface area (Å²) in [6.07, 6.45) is 7.50. The molecular weight excluding hydrogens is 336 g/mol. The molecule has 1 nitrogen and oxygen atoms in total. The molecule has 0 saturated heterocycles. The quantitative estimate of drug-likeness (QED) is 0.534. The third kappa shape index (κ3) is 17.7. The second-order valence-electron chi connectivity index (χ2n) is 1.17. The number of allylic oxidation sites excluding steroid dienone is 2. The minimum atomic E-state index is 0. The van der Waals surface area contributed by atoms with Crippen LogP contribution in [0.4, 0.5) is 0 Å². The molecule has 0 heterocycles. The Bertz CT molecular complexity index is 77.0. The summed E-state index contributed by atoms with van der Waals surface area (Å²) in [7, 11) is 1.73. The van der Waals surface area contributed by atoms with E-state index < -0.39 is 0 Å². The second-order valence-corrected chi connectivity index (χ2v) is 1.17. The maximum Gasteiger partial charge on any atom is 2.00 e. The molecule has 0 unspecified atom stereocenters. The molecule has 50 valence electrons. The van der Waals surface area contributed by atoms with Gasteiger partial charge in [0, 0.05) is 7.05 Å². The summed E-state index contributed by atoms with van der Waals surface area (Å²) in [5.74, 6) is 0. The molecule has 0 radical (unpaired) electrons. The van der Waals surface area contributed by atoms with Crippen LogP contribution >= 0.6 is 0 Å². The molecule has 0 aliphatic heterocycles. The zero-order valence-electron chi connectivity index (χ0n) is 6.31. The van der Waals surface area contributed by atoms with Gasteiger partial charge in [0.15, 0.2) is 0 Å². The Kier molecular flexibility index (Phi) is 28.5. The molecule has 0 saturated carbocycles. The normalized spacial score (nSPS) is 9.11. The largest absolute Gasteiger partial charge is 2.00 e. The van der Waals surface area contributed by atoms with Gasteiger partial charge in [-0.3, -0.25) is 6.08 Å². The first-order valence-electron chi connectivity index (χ1n) is 2.40. The van der Waals surface area contributed by atoms with Gasteiger partial charge in [-0.2, -0.15) is 6.21 Å². The predicted octanol–water partition coefficient (Wildman–Crippen LogP) is 1.91. The van der Waals surface area contributed by atoms with Crippen molar-refractivity contribution in [2.24, 2.45) is 4.99 Å². The summed E-state index contributed by atoms with van der Waals surface area (Å²) >= 11 is 0. The number of hydrogen-bond donors (Lipinski definition) is 0. The van der Waals surface area contributed by atoms with Gasteiger partial charge in [-0.05, 0) is 0 Å². The van der Waals surface area contributed by atoms with E-state index in [-0.39, 0.29) is 38.5 Å². The molecule has 2 heteroatoms. The molecule has 0 bridgehead atoms. The van der Waals surface area contributed by atoms with E-state index in [0.717, 1.165) is 6.42 Å². The molecular formula is C7H13NU. The predicted molar refractivity (Wildman–Crippen MR) is 38.9 cm³/mol. The maximum absolute atomic E-state index is 3.71. The average Bonchev–Trinajstić information content (AvgIpc) is 1.69. The van der Waals surface area contributed by atoms with Gasteiger partial charge < -0.3 is 18.5 Å². The number of aliphatic imine (C=N–C) groups is 1. The van der Waals surface area contributed by atoms with E-state index in [4.69, 9.17) is 0 Å². The SMILES string of the molecule is CCC=[C-]C=NC.[CH3-].[U+2]. The monoisotopic (exact) mass is 349 g/mol. The van der Waals surface area contributed by atoms with Gasteiger partial charge in [-0.15, -0.1) is 0 Å². The van der Waals surface area contributed by atoms with Crippen molar-refractivity contribution in [3.63, 3.8) is 0 Å². The molecule has 9 heavy (non-hydrogen) atoms. The number of nitrogens with zero attached hydrogens (tertiary/aromatic N) is 1. The van der Waals surface area contributed by atoms with Crippen LogP contribution in [0, 0.1) is 44.6 Å². The van der Waals surface area contributed by atoms with Crippen LogP contribution in [-0.4, -0.2) is 13.3 Å². The summed E-state index contributed by atoms with van der Waals surface area (Å²) in [5.41, 5.74) is 0. The Morgan fingerprint density at radius 3 is 2.44 bits per heavy atom. The van der Waals surface area contributed by atoms with Gasteiger partial charge in [0.2, 0.25) is 0 Å². The Morgan fingerprint density at radius 1 is 1.56 bits per heavy atom. The summed E-state index contributed by atoms with van der Waals surface area (Å²) in [5, 5.41) is 0. The molecule has 0 aromatic heterocycles. The van der Waals surface area contributed by atoms with Gasteiger partial charge in [0.25, 0.3) is 0 Å². The minimum absolute atomic E-state index is 0. The van der Waals surface area contributed by atoms with E-state index in [1.54, 1.807) is 13.3 Å². The molecule has 0 aliphatic carbocycles. The fourth-order valence-electron chi connectivity index (χ4n) is 0.245. The van der Waals surface area contributed by atoms with E-state index in [2.05, 4.69) is 18.0 Å². The maximum atomic E-state index is 3.71. The van der Waals surface area contributed by atoms with E-state index in [1.165, 1.54) is 0 Å². The van der Waals surface area contributed by atoms with E-state index in [1.807, 2.05) is 6.08 Å². The van der Waals surface area contributed by atoms with Crippen molar-refractivity contribution in [3.8, 4) is 0 Å². The number of hydrogen-bond acceptors (Lipinski definition) is 1. The summed E-state index contributed by atoms with van der Waals surface area (Å²) < 4.78 is 0. The molecule has 0 atom stereocenters. The third-order valence-electron chi connectivity index (χ3n) is 0.526. The van der Waals surface area contributed by atoms with Gasteiger partial charge in [0.1, 0.15) is 0 Å². The third-order valence-corrected chi connectivity index (χ3v) is 0.526. The summed E-state index contributed by atoms with van der Waals surface area (Å²) in [6.45, 7) is 2.07. The van der Waals surface area contributed by atoms with E-state index in [0.29, 0.717) is 0 Å². The Morgan fingerprint density at radius 2 is 2.11 bits per heavy atom. The molecule has 0 fully saturated rings. The molecule has 0 aliphatic rings. The van der Waals surface area contributed by atoms with Crippen LogP contribution in [0.25, 0.3) is 0 Å². The van der Waals surface area contributed by atoms with Crippen LogP contribution in [0.5, 0.6) is 0 Å². The minimum Gasteiger partial charge on any atom is -0.458 e. The first kappa shape index (κ1) is 16.2. The van der Waals surface area contributed by atoms with Crippen LogP contribution in [0.2, 0.25) is 0 Å². The smallest absolute Gasteiger partial charge is 0.458 e. The van der Waals surface area contributed by atoms with Crippen molar-refractivity contribution in [1.29, 1.82) is 0 Å². The fourth-order valence-corrected chi connectivity index (χ4v) is 0.245. The summed E-state index contributed by atoms with van der Waals surface area (Å²) in [4.78, 5) is 3.71. The van der Waals surface area contributed by atoms with Crippen molar-refractivity contribution in [1.82, 2.24) is 0 Å². The standard InChI is InChI=1S/C6H10N.CH3.U/c1-3-4-5-6-7-2;;/h4,6H,3H2,1-2H3;1H3;/q2*-1;+2. The Balaban J connectivity index is -0.000000180. The molecule has 0 amide bonds. The van der Waals surface area contributed by atoms with Gasteiger partial charge in [0.05, 0.1) is 0 Å². The van der Waals surface area contributed by atoms with Crippen LogP contribution in [-0.2, 0) is 0 Å². The van der Waals surface area contributed by atoms with E-state index >= 15 is 0 Å².